The zero-order valence-electron chi connectivity index (χ0n) is 36.2. The van der Waals surface area contributed by atoms with Gasteiger partial charge >= 0.3 is 5.97 Å². The van der Waals surface area contributed by atoms with Gasteiger partial charge in [0.25, 0.3) is 11.7 Å². The number of carbonyl (C=O) groups excluding carboxylic acids is 3. The number of ketones is 1. The summed E-state index contributed by atoms with van der Waals surface area (Å²) in [5, 5.41) is 44.4. The Labute approximate surface area is 345 Å². The maximum atomic E-state index is 14.4. The molecule has 3 aliphatic heterocycles. The van der Waals surface area contributed by atoms with Crippen molar-refractivity contribution in [3.63, 3.8) is 0 Å². The Hall–Kier alpha value is -2.96. The summed E-state index contributed by atoms with van der Waals surface area (Å²) in [5.41, 5.74) is 2.55. The van der Waals surface area contributed by atoms with Crippen LogP contribution >= 0.6 is 0 Å². The Morgan fingerprint density at radius 1 is 0.966 bits per heavy atom. The van der Waals surface area contributed by atoms with E-state index >= 15 is 0 Å². The van der Waals surface area contributed by atoms with Crippen molar-refractivity contribution in [2.45, 2.75) is 167 Å². The van der Waals surface area contributed by atoms with Crippen LogP contribution in [-0.4, -0.2) is 120 Å². The van der Waals surface area contributed by atoms with Crippen LogP contribution in [0.3, 0.4) is 0 Å². The van der Waals surface area contributed by atoms with Gasteiger partial charge in [-0.2, -0.15) is 5.26 Å². The molecule has 13 nitrogen and oxygen atoms in total. The second-order valence-electron chi connectivity index (χ2n) is 17.5. The summed E-state index contributed by atoms with van der Waals surface area (Å²) in [4.78, 5) is 44.1. The Balaban J connectivity index is 1.81. The van der Waals surface area contributed by atoms with Crippen molar-refractivity contribution in [2.75, 3.05) is 27.9 Å². The monoisotopic (exact) mass is 814 g/mol. The van der Waals surface area contributed by atoms with Gasteiger partial charge in [0.2, 0.25) is 5.79 Å². The van der Waals surface area contributed by atoms with Gasteiger partial charge in [-0.1, -0.05) is 51.0 Å². The van der Waals surface area contributed by atoms with Gasteiger partial charge in [-0.25, -0.2) is 4.79 Å². The number of aliphatic hydroxyl groups excluding tert-OH is 2. The number of cyclic esters (lactones) is 1. The minimum atomic E-state index is -2.50. The lowest BCUT2D eigenvalue weighted by atomic mass is 9.81. The third kappa shape index (κ3) is 11.2. The third-order valence-corrected chi connectivity index (χ3v) is 13.2. The quantitative estimate of drug-likeness (QED) is 0.135. The number of amides is 1. The number of hydrogen-bond acceptors (Lipinski definition) is 12. The molecule has 0 aromatic carbocycles. The molecule has 14 atom stereocenters. The van der Waals surface area contributed by atoms with Crippen molar-refractivity contribution >= 4 is 17.7 Å². The number of methoxy groups -OCH3 is 3. The van der Waals surface area contributed by atoms with Crippen LogP contribution in [0.25, 0.3) is 0 Å². The zero-order chi connectivity index (χ0) is 42.9. The number of piperidine rings is 1. The van der Waals surface area contributed by atoms with Gasteiger partial charge in [-0.15, -0.1) is 0 Å². The number of hydrogen-bond donors (Lipinski definition) is 3. The van der Waals surface area contributed by atoms with Gasteiger partial charge in [-0.05, 0) is 108 Å². The predicted molar refractivity (Wildman–Crippen MR) is 217 cm³/mol. The van der Waals surface area contributed by atoms with Crippen molar-refractivity contribution in [3.8, 4) is 6.07 Å². The number of allylic oxidation sites excluding steroid dienone is 4. The first-order valence-corrected chi connectivity index (χ1v) is 21.4. The molecule has 0 aromatic rings. The Morgan fingerprint density at radius 3 is 2.28 bits per heavy atom. The molecule has 3 heterocycles. The highest BCUT2D eigenvalue weighted by molar-refractivity contribution is 6.39. The first-order valence-electron chi connectivity index (χ1n) is 21.4. The van der Waals surface area contributed by atoms with E-state index in [1.165, 1.54) is 11.0 Å². The lowest BCUT2D eigenvalue weighted by molar-refractivity contribution is -0.302. The molecule has 2 bridgehead atoms. The highest BCUT2D eigenvalue weighted by Crippen LogP contribution is 2.39. The molecule has 0 aromatic heterocycles. The molecular weight excluding hydrogens is 744 g/mol. The molecule has 2 saturated heterocycles. The molecule has 0 radical (unpaired) electrons. The molecule has 1 aliphatic carbocycles. The number of fused-ring (bicyclic) bond motifs is 3. The summed E-state index contributed by atoms with van der Waals surface area (Å²) in [6.07, 6.45) is 6.24. The van der Waals surface area contributed by atoms with E-state index in [4.69, 9.17) is 23.7 Å². The van der Waals surface area contributed by atoms with Gasteiger partial charge in [0.1, 0.15) is 18.2 Å². The Kier molecular flexibility index (Phi) is 17.7. The van der Waals surface area contributed by atoms with E-state index < -0.39 is 77.9 Å². The largest absolute Gasteiger partial charge is 0.456 e. The van der Waals surface area contributed by atoms with Crippen molar-refractivity contribution in [1.82, 2.24) is 4.90 Å². The zero-order valence-corrected chi connectivity index (χ0v) is 36.2. The number of Topliss-reactive ketones (excluding diaryl/α,β-unsaturated/α-hetero) is 1. The standard InChI is InChI=1S/C45H70N2O11/c1-10-32-20-26(2)19-27(3)21-38(55-8)41-39(56-9)23-29(5)45(53,58-41)42(50)43(51)47-18-12-11-13-34(47)44(52)57-40(30(6)36(49)25-33(32)16-17-46)28(4)22-31-14-15-35(48)37(24-31)54-7/h16,20,22,27,29-32,34-41,48-49,53H,10-15,18-19,21,23-25H2,1-9H3/b26-20+,28-22+,33-16-/t27-,29+,30+,31-,32+,34-,35+,36-,37+,38-,39-,40+,41+,45+/m0/s1. The van der Waals surface area contributed by atoms with Crippen LogP contribution in [0, 0.1) is 40.9 Å². The number of ether oxygens (including phenoxy) is 5. The second-order valence-corrected chi connectivity index (χ2v) is 17.5. The number of carbonyl (C=O) groups is 3. The van der Waals surface area contributed by atoms with E-state index in [0.29, 0.717) is 56.9 Å². The van der Waals surface area contributed by atoms with Crippen LogP contribution in [0.2, 0.25) is 0 Å². The summed E-state index contributed by atoms with van der Waals surface area (Å²) < 4.78 is 29.9. The molecular formula is C45H70N2O11. The summed E-state index contributed by atoms with van der Waals surface area (Å²) in [6.45, 7) is 11.6. The van der Waals surface area contributed by atoms with Gasteiger partial charge in [0.05, 0.1) is 36.6 Å². The van der Waals surface area contributed by atoms with E-state index in [9.17, 15) is 35.0 Å². The van der Waals surface area contributed by atoms with Crippen LogP contribution in [0.1, 0.15) is 112 Å². The first kappa shape index (κ1) is 47.7. The lowest BCUT2D eigenvalue weighted by Crippen LogP contribution is -2.64. The molecule has 4 aliphatic rings. The minimum Gasteiger partial charge on any atom is -0.456 e. The van der Waals surface area contributed by atoms with E-state index in [-0.39, 0.29) is 49.7 Å². The molecule has 3 fully saturated rings. The molecule has 13 heteroatoms. The second kappa shape index (κ2) is 21.5. The fraction of sp³-hybridized carbons (Fsp3) is 0.778. The number of aliphatic hydroxyl groups is 3. The highest BCUT2D eigenvalue weighted by atomic mass is 16.7. The highest BCUT2D eigenvalue weighted by Gasteiger charge is 2.56. The molecule has 0 spiro atoms. The minimum absolute atomic E-state index is 0.0124. The first-order chi connectivity index (χ1) is 27.5. The van der Waals surface area contributed by atoms with E-state index in [2.05, 4.69) is 19.1 Å². The maximum Gasteiger partial charge on any atom is 0.329 e. The summed E-state index contributed by atoms with van der Waals surface area (Å²) in [6, 6.07) is 1.07. The molecule has 3 N–H and O–H groups in total. The van der Waals surface area contributed by atoms with Crippen molar-refractivity contribution in [3.05, 3.63) is 34.9 Å². The number of rotatable bonds is 6. The predicted octanol–water partition coefficient (Wildman–Crippen LogP) is 5.35. The maximum absolute atomic E-state index is 14.4. The molecule has 58 heavy (non-hydrogen) atoms. The average Bonchev–Trinajstić information content (AvgIpc) is 3.20. The SMILES string of the molecule is CC[C@@H]1/C=C(\C)C[C@H](C)C[C@H](OC)[C@H]2O[C@@](O)(C(=O)C(=O)N3CCCC[C@H]3C(=O)O[C@H](/C(C)=C/[C@@H]3CC[C@@H](O)[C@H](OC)C3)[C@H](C)[C@@H](O)C/C1=C/C#N)[C@H](C)C[C@@H]2OC. The van der Waals surface area contributed by atoms with Crippen molar-refractivity contribution in [1.29, 1.82) is 5.26 Å². The van der Waals surface area contributed by atoms with Crippen molar-refractivity contribution in [2.24, 2.45) is 29.6 Å². The normalized spacial score (nSPS) is 41.1. The lowest BCUT2D eigenvalue weighted by Gasteiger charge is -2.47. The van der Waals surface area contributed by atoms with E-state index in [1.54, 1.807) is 28.3 Å². The summed E-state index contributed by atoms with van der Waals surface area (Å²) in [7, 11) is 4.66. The smallest absolute Gasteiger partial charge is 0.329 e. The van der Waals surface area contributed by atoms with Gasteiger partial charge in [0, 0.05) is 45.8 Å². The number of nitriles is 1. The number of esters is 1. The van der Waals surface area contributed by atoms with Crippen LogP contribution in [0.15, 0.2) is 34.9 Å². The average molecular weight is 815 g/mol. The fourth-order valence-corrected chi connectivity index (χ4v) is 9.72. The van der Waals surface area contributed by atoms with Crippen molar-refractivity contribution < 1.29 is 53.4 Å². The topological polar surface area (TPSA) is 185 Å². The molecule has 4 rings (SSSR count). The fourth-order valence-electron chi connectivity index (χ4n) is 9.72. The summed E-state index contributed by atoms with van der Waals surface area (Å²) >= 11 is 0. The van der Waals surface area contributed by atoms with Crippen LogP contribution in [0.4, 0.5) is 0 Å². The van der Waals surface area contributed by atoms with E-state index in [0.717, 1.165) is 11.1 Å². The molecule has 326 valence electrons. The van der Waals surface area contributed by atoms with Crippen LogP contribution < -0.4 is 0 Å². The third-order valence-electron chi connectivity index (χ3n) is 13.2. The Bertz CT molecular complexity index is 1550. The molecule has 0 unspecified atom stereocenters. The Morgan fingerprint density at radius 2 is 1.64 bits per heavy atom. The number of nitrogens with zero attached hydrogens (tertiary/aromatic N) is 2. The van der Waals surface area contributed by atoms with Crippen LogP contribution in [-0.2, 0) is 38.1 Å². The van der Waals surface area contributed by atoms with Gasteiger partial charge in [-0.3, -0.25) is 9.59 Å². The summed E-state index contributed by atoms with van der Waals surface area (Å²) in [5.74, 6) is -6.92. The van der Waals surface area contributed by atoms with Crippen LogP contribution in [0.5, 0.6) is 0 Å². The molecule has 1 amide bonds. The van der Waals surface area contributed by atoms with Gasteiger partial charge < -0.3 is 43.9 Å². The molecule has 1 saturated carbocycles. The van der Waals surface area contributed by atoms with Gasteiger partial charge in [0.15, 0.2) is 0 Å². The van der Waals surface area contributed by atoms with E-state index in [1.807, 2.05) is 33.8 Å².